The van der Waals surface area contributed by atoms with E-state index in [2.05, 4.69) is 13.8 Å². The van der Waals surface area contributed by atoms with E-state index in [4.69, 9.17) is 10.5 Å². The lowest BCUT2D eigenvalue weighted by Gasteiger charge is -2.34. The number of hydrogen-bond acceptors (Lipinski definition) is 3. The number of hydrogen-bond donors (Lipinski definition) is 1. The zero-order valence-corrected chi connectivity index (χ0v) is 16.1. The summed E-state index contributed by atoms with van der Waals surface area (Å²) in [6, 6.07) is 5.35. The van der Waals surface area contributed by atoms with Crippen molar-refractivity contribution in [3.8, 4) is 5.75 Å². The van der Waals surface area contributed by atoms with Gasteiger partial charge in [0.15, 0.2) is 6.10 Å². The Labute approximate surface area is 147 Å². The molecule has 2 N–H and O–H groups in total. The summed E-state index contributed by atoms with van der Waals surface area (Å²) in [5.41, 5.74) is 6.80. The standard InChI is InChI=1S/C18H28F3NOS/c1-16(2,3)15-12(17(4,5)24-6)8-7-9-13(15)23-14(10-11-22)18(19,20)21/h7-9,14H,10-11,22H2,1-6H3. The maximum Gasteiger partial charge on any atom is 0.425 e. The molecule has 1 aromatic carbocycles. The van der Waals surface area contributed by atoms with Gasteiger partial charge in [0.05, 0.1) is 0 Å². The van der Waals surface area contributed by atoms with Crippen molar-refractivity contribution in [3.63, 3.8) is 0 Å². The summed E-state index contributed by atoms with van der Waals surface area (Å²) in [5.74, 6) is 0.290. The number of thioether (sulfide) groups is 1. The van der Waals surface area contributed by atoms with Crippen LogP contribution in [0.1, 0.15) is 52.2 Å². The predicted molar refractivity (Wildman–Crippen MR) is 95.8 cm³/mol. The first-order valence-electron chi connectivity index (χ1n) is 7.97. The van der Waals surface area contributed by atoms with E-state index in [0.717, 1.165) is 11.1 Å². The van der Waals surface area contributed by atoms with Crippen molar-refractivity contribution in [3.05, 3.63) is 29.3 Å². The van der Waals surface area contributed by atoms with Crippen LogP contribution in [0.15, 0.2) is 18.2 Å². The van der Waals surface area contributed by atoms with Gasteiger partial charge in [0.2, 0.25) is 0 Å². The smallest absolute Gasteiger partial charge is 0.425 e. The minimum Gasteiger partial charge on any atom is -0.481 e. The molecule has 0 amide bonds. The summed E-state index contributed by atoms with van der Waals surface area (Å²) in [7, 11) is 0. The second kappa shape index (κ2) is 7.56. The minimum atomic E-state index is -4.44. The van der Waals surface area contributed by atoms with E-state index < -0.39 is 12.3 Å². The molecule has 0 saturated heterocycles. The van der Waals surface area contributed by atoms with E-state index in [1.165, 1.54) is 0 Å². The monoisotopic (exact) mass is 363 g/mol. The number of alkyl halides is 3. The van der Waals surface area contributed by atoms with Gasteiger partial charge in [-0.05, 0) is 43.7 Å². The van der Waals surface area contributed by atoms with Crippen LogP contribution in [0.3, 0.4) is 0 Å². The van der Waals surface area contributed by atoms with Crippen molar-refractivity contribution in [2.45, 2.75) is 63.5 Å². The van der Waals surface area contributed by atoms with E-state index >= 15 is 0 Å². The Balaban J connectivity index is 3.46. The van der Waals surface area contributed by atoms with Crippen molar-refractivity contribution < 1.29 is 17.9 Å². The van der Waals surface area contributed by atoms with Gasteiger partial charge in [0.25, 0.3) is 0 Å². The van der Waals surface area contributed by atoms with Crippen molar-refractivity contribution in [1.82, 2.24) is 0 Å². The third-order valence-electron chi connectivity index (χ3n) is 4.00. The molecule has 6 heteroatoms. The predicted octanol–water partition coefficient (Wildman–Crippen LogP) is 5.24. The normalized spacial score (nSPS) is 14.6. The van der Waals surface area contributed by atoms with Crippen molar-refractivity contribution in [2.24, 2.45) is 5.73 Å². The van der Waals surface area contributed by atoms with E-state index in [9.17, 15) is 13.2 Å². The molecule has 0 spiro atoms. The molecule has 1 atom stereocenters. The van der Waals surface area contributed by atoms with Crippen LogP contribution in [0.4, 0.5) is 13.2 Å². The highest BCUT2D eigenvalue weighted by Crippen LogP contribution is 2.44. The summed E-state index contributed by atoms with van der Waals surface area (Å²) in [6.45, 7) is 10.0. The Morgan fingerprint density at radius 3 is 2.12 bits per heavy atom. The highest BCUT2D eigenvalue weighted by Gasteiger charge is 2.42. The van der Waals surface area contributed by atoms with E-state index in [1.807, 2.05) is 33.1 Å². The van der Waals surface area contributed by atoms with Gasteiger partial charge in [-0.15, -0.1) is 0 Å². The van der Waals surface area contributed by atoms with Crippen molar-refractivity contribution >= 4 is 11.8 Å². The molecule has 0 bridgehead atoms. The van der Waals surface area contributed by atoms with Crippen LogP contribution in [0.25, 0.3) is 0 Å². The number of halogens is 3. The number of rotatable bonds is 6. The van der Waals surface area contributed by atoms with Gasteiger partial charge in [-0.3, -0.25) is 0 Å². The third-order valence-corrected chi connectivity index (χ3v) is 5.24. The molecule has 0 aromatic heterocycles. The Bertz CT molecular complexity index is 550. The molecule has 0 radical (unpaired) electrons. The number of ether oxygens (including phenoxy) is 1. The van der Waals surface area contributed by atoms with Gasteiger partial charge in [0, 0.05) is 16.7 Å². The molecule has 0 aliphatic rings. The summed E-state index contributed by atoms with van der Waals surface area (Å²) in [4.78, 5) is 0. The zero-order chi connectivity index (χ0) is 18.8. The average Bonchev–Trinajstić information content (AvgIpc) is 2.44. The molecule has 0 aliphatic heterocycles. The highest BCUT2D eigenvalue weighted by molar-refractivity contribution is 7.99. The lowest BCUT2D eigenvalue weighted by molar-refractivity contribution is -0.196. The molecule has 1 unspecified atom stereocenters. The molecule has 0 fully saturated rings. The second-order valence-corrected chi connectivity index (χ2v) is 8.80. The van der Waals surface area contributed by atoms with Crippen LogP contribution in [0, 0.1) is 0 Å². The van der Waals surface area contributed by atoms with Gasteiger partial charge in [-0.1, -0.05) is 32.9 Å². The highest BCUT2D eigenvalue weighted by atomic mass is 32.2. The first-order valence-corrected chi connectivity index (χ1v) is 9.19. The zero-order valence-electron chi connectivity index (χ0n) is 15.3. The topological polar surface area (TPSA) is 35.2 Å². The fraction of sp³-hybridized carbons (Fsp3) is 0.667. The first kappa shape index (κ1) is 21.2. The van der Waals surface area contributed by atoms with Crippen LogP contribution < -0.4 is 10.5 Å². The molecule has 0 heterocycles. The van der Waals surface area contributed by atoms with Gasteiger partial charge in [-0.2, -0.15) is 24.9 Å². The van der Waals surface area contributed by atoms with E-state index in [0.29, 0.717) is 0 Å². The molecule has 24 heavy (non-hydrogen) atoms. The van der Waals surface area contributed by atoms with E-state index in [1.54, 1.807) is 23.9 Å². The third kappa shape index (κ3) is 5.06. The Kier molecular flexibility index (Phi) is 6.67. The molecule has 138 valence electrons. The number of nitrogens with two attached hydrogens (primary N) is 1. The Morgan fingerprint density at radius 1 is 1.12 bits per heavy atom. The van der Waals surface area contributed by atoms with Crippen molar-refractivity contribution in [1.29, 1.82) is 0 Å². The maximum atomic E-state index is 13.2. The van der Waals surface area contributed by atoms with Gasteiger partial charge in [0.1, 0.15) is 5.75 Å². The van der Waals surface area contributed by atoms with Crippen molar-refractivity contribution in [2.75, 3.05) is 12.8 Å². The lowest BCUT2D eigenvalue weighted by Crippen LogP contribution is -2.37. The maximum absolute atomic E-state index is 13.2. The summed E-state index contributed by atoms with van der Waals surface area (Å²) in [5, 5.41) is 0. The quantitative estimate of drug-likeness (QED) is 0.750. The van der Waals surface area contributed by atoms with Crippen LogP contribution in [0.2, 0.25) is 0 Å². The van der Waals surface area contributed by atoms with Crippen LogP contribution in [0.5, 0.6) is 5.75 Å². The van der Waals surface area contributed by atoms with Gasteiger partial charge >= 0.3 is 6.18 Å². The molecule has 2 nitrogen and oxygen atoms in total. The summed E-state index contributed by atoms with van der Waals surface area (Å²) >= 11 is 1.66. The molecule has 1 aromatic rings. The van der Waals surface area contributed by atoms with E-state index in [-0.39, 0.29) is 28.9 Å². The SMILES string of the molecule is CSC(C)(C)c1cccc(OC(CCN)C(F)(F)F)c1C(C)(C)C. The van der Waals surface area contributed by atoms with Gasteiger partial charge in [-0.25, -0.2) is 0 Å². The fourth-order valence-electron chi connectivity index (χ4n) is 2.61. The molecule has 0 aliphatic carbocycles. The summed E-state index contributed by atoms with van der Waals surface area (Å²) in [6.07, 6.45) is -4.60. The van der Waals surface area contributed by atoms with Crippen LogP contribution in [-0.2, 0) is 10.2 Å². The number of benzene rings is 1. The lowest BCUT2D eigenvalue weighted by atomic mass is 9.79. The average molecular weight is 363 g/mol. The van der Waals surface area contributed by atoms with Gasteiger partial charge < -0.3 is 10.5 Å². The van der Waals surface area contributed by atoms with Crippen LogP contribution in [-0.4, -0.2) is 25.1 Å². The molecule has 1 rings (SSSR count). The molecule has 0 saturated carbocycles. The largest absolute Gasteiger partial charge is 0.481 e. The minimum absolute atomic E-state index is 0.0783. The Hall–Kier alpha value is -0.880. The molecular formula is C18H28F3NOS. The fourth-order valence-corrected chi connectivity index (χ4v) is 3.00. The Morgan fingerprint density at radius 2 is 1.71 bits per heavy atom. The second-order valence-electron chi connectivity index (χ2n) is 7.37. The van der Waals surface area contributed by atoms with Crippen LogP contribution >= 0.6 is 11.8 Å². The molecular weight excluding hydrogens is 335 g/mol. The summed E-state index contributed by atoms with van der Waals surface area (Å²) < 4.78 is 44.9. The first-order chi connectivity index (χ1) is 10.8.